The van der Waals surface area contributed by atoms with Crippen molar-refractivity contribution in [3.63, 3.8) is 0 Å². The number of benzene rings is 1. The van der Waals surface area contributed by atoms with Gasteiger partial charge in [-0.1, -0.05) is 18.2 Å². The molecule has 0 bridgehead atoms. The summed E-state index contributed by atoms with van der Waals surface area (Å²) in [5.74, 6) is -1.23. The molecule has 0 saturated carbocycles. The Morgan fingerprint density at radius 1 is 1.42 bits per heavy atom. The van der Waals surface area contributed by atoms with Crippen LogP contribution in [-0.2, 0) is 26.1 Å². The minimum Gasteiger partial charge on any atom is -0.455 e. The topological polar surface area (TPSA) is 110 Å². The Labute approximate surface area is 141 Å². The molecule has 0 spiro atoms. The summed E-state index contributed by atoms with van der Waals surface area (Å²) in [6.45, 7) is 3.08. The number of hydrogen-bond donors (Lipinski definition) is 2. The Kier molecular flexibility index (Phi) is 5.29. The molecular formula is C16H21NO6S. The van der Waals surface area contributed by atoms with Crippen molar-refractivity contribution in [1.29, 1.82) is 0 Å². The molecular weight excluding hydrogens is 334 g/mol. The Morgan fingerprint density at radius 2 is 2.08 bits per heavy atom. The van der Waals surface area contributed by atoms with E-state index in [1.807, 2.05) is 12.1 Å². The zero-order chi connectivity index (χ0) is 18.0. The van der Waals surface area contributed by atoms with Gasteiger partial charge in [0, 0.05) is 25.8 Å². The maximum atomic E-state index is 12.2. The summed E-state index contributed by atoms with van der Waals surface area (Å²) in [6, 6.07) is 6.60. The third kappa shape index (κ3) is 5.04. The molecule has 2 N–H and O–H groups in total. The number of nitrogens with one attached hydrogen (secondary N) is 1. The molecule has 1 heterocycles. The van der Waals surface area contributed by atoms with Crippen molar-refractivity contribution in [2.24, 2.45) is 0 Å². The summed E-state index contributed by atoms with van der Waals surface area (Å²) in [7, 11) is -4.13. The van der Waals surface area contributed by atoms with Gasteiger partial charge < -0.3 is 10.1 Å². The van der Waals surface area contributed by atoms with E-state index in [0.717, 1.165) is 5.56 Å². The van der Waals surface area contributed by atoms with Crippen LogP contribution in [-0.4, -0.2) is 42.2 Å². The van der Waals surface area contributed by atoms with Gasteiger partial charge in [-0.25, -0.2) is 4.79 Å². The maximum Gasteiger partial charge on any atom is 0.338 e. The van der Waals surface area contributed by atoms with Crippen LogP contribution in [0.15, 0.2) is 24.3 Å². The number of esters is 1. The van der Waals surface area contributed by atoms with Gasteiger partial charge in [0.2, 0.25) is 5.91 Å². The van der Waals surface area contributed by atoms with Crippen LogP contribution < -0.4 is 5.32 Å². The van der Waals surface area contributed by atoms with Gasteiger partial charge >= 0.3 is 5.97 Å². The van der Waals surface area contributed by atoms with Crippen LogP contribution in [0.4, 0.5) is 0 Å². The molecule has 0 aliphatic carbocycles. The second kappa shape index (κ2) is 6.90. The number of cyclic esters (lactones) is 1. The lowest BCUT2D eigenvalue weighted by atomic mass is 9.85. The zero-order valence-electron chi connectivity index (χ0n) is 13.6. The largest absolute Gasteiger partial charge is 0.455 e. The lowest BCUT2D eigenvalue weighted by Gasteiger charge is -2.37. The van der Waals surface area contributed by atoms with Crippen molar-refractivity contribution < 1.29 is 27.3 Å². The van der Waals surface area contributed by atoms with Crippen LogP contribution in [0, 0.1) is 0 Å². The second-order valence-corrected chi connectivity index (χ2v) is 7.92. The third-order valence-electron chi connectivity index (χ3n) is 3.95. The number of carbonyl (C=O) groups excluding carboxylic acids is 2. The quantitative estimate of drug-likeness (QED) is 0.588. The number of rotatable bonds is 6. The first-order valence-corrected chi connectivity index (χ1v) is 9.22. The second-order valence-electron chi connectivity index (χ2n) is 6.35. The number of fused-ring (bicyclic) bond motifs is 1. The standard InChI is InChI=1S/C16H21NO6S/c1-11(18)17-13(7-8-24(20,21)22)10-16(2)9-12-5-3-4-6-14(12)15(19)23-16/h3-6,13H,7-10H2,1-2H3,(H,17,18)(H,20,21,22). The molecule has 132 valence electrons. The van der Waals surface area contributed by atoms with Crippen molar-refractivity contribution >= 4 is 22.0 Å². The van der Waals surface area contributed by atoms with Crippen molar-refractivity contribution in [2.75, 3.05) is 5.75 Å². The number of carbonyl (C=O) groups is 2. The van der Waals surface area contributed by atoms with E-state index < -0.39 is 33.5 Å². The first-order chi connectivity index (χ1) is 11.1. The molecule has 1 aliphatic rings. The van der Waals surface area contributed by atoms with Gasteiger partial charge in [-0.2, -0.15) is 8.42 Å². The van der Waals surface area contributed by atoms with Crippen LogP contribution >= 0.6 is 0 Å². The third-order valence-corrected chi connectivity index (χ3v) is 4.70. The average Bonchev–Trinajstić information content (AvgIpc) is 2.43. The predicted molar refractivity (Wildman–Crippen MR) is 87.2 cm³/mol. The van der Waals surface area contributed by atoms with Crippen LogP contribution in [0.2, 0.25) is 0 Å². The SMILES string of the molecule is CC(=O)NC(CCS(=O)(=O)O)CC1(C)Cc2ccccc2C(=O)O1. The highest BCUT2D eigenvalue weighted by Crippen LogP contribution is 2.32. The maximum absolute atomic E-state index is 12.2. The number of ether oxygens (including phenoxy) is 1. The average molecular weight is 355 g/mol. The fraction of sp³-hybridized carbons (Fsp3) is 0.500. The highest BCUT2D eigenvalue weighted by Gasteiger charge is 2.38. The summed E-state index contributed by atoms with van der Waals surface area (Å²) >= 11 is 0. The minimum absolute atomic E-state index is 0.0349. The van der Waals surface area contributed by atoms with Crippen LogP contribution in [0.3, 0.4) is 0 Å². The van der Waals surface area contributed by atoms with E-state index in [1.54, 1.807) is 19.1 Å². The predicted octanol–water partition coefficient (Wildman–Crippen LogP) is 1.33. The van der Waals surface area contributed by atoms with Crippen molar-refractivity contribution in [2.45, 2.75) is 44.8 Å². The Hall–Kier alpha value is -1.93. The van der Waals surface area contributed by atoms with Gasteiger partial charge in [-0.3, -0.25) is 9.35 Å². The lowest BCUT2D eigenvalue weighted by Crippen LogP contribution is -2.46. The molecule has 1 aliphatic heterocycles. The molecule has 2 atom stereocenters. The number of amides is 1. The van der Waals surface area contributed by atoms with Gasteiger partial charge in [-0.05, 0) is 25.0 Å². The van der Waals surface area contributed by atoms with Gasteiger partial charge in [0.25, 0.3) is 10.1 Å². The molecule has 0 fully saturated rings. The summed E-state index contributed by atoms with van der Waals surface area (Å²) in [5.41, 5.74) is 0.509. The normalized spacial score (nSPS) is 21.5. The fourth-order valence-electron chi connectivity index (χ4n) is 3.03. The van der Waals surface area contributed by atoms with E-state index in [4.69, 9.17) is 9.29 Å². The molecule has 8 heteroatoms. The molecule has 7 nitrogen and oxygen atoms in total. The van der Waals surface area contributed by atoms with E-state index in [0.29, 0.717) is 12.0 Å². The van der Waals surface area contributed by atoms with Crippen LogP contribution in [0.25, 0.3) is 0 Å². The summed E-state index contributed by atoms with van der Waals surface area (Å²) in [4.78, 5) is 23.5. The highest BCUT2D eigenvalue weighted by molar-refractivity contribution is 7.85. The van der Waals surface area contributed by atoms with Crippen LogP contribution in [0.1, 0.15) is 42.6 Å². The molecule has 0 aromatic heterocycles. The van der Waals surface area contributed by atoms with Crippen LogP contribution in [0.5, 0.6) is 0 Å². The number of hydrogen-bond acceptors (Lipinski definition) is 5. The molecule has 0 saturated heterocycles. The summed E-state index contributed by atoms with van der Waals surface area (Å²) < 4.78 is 36.4. The Balaban J connectivity index is 2.15. The van der Waals surface area contributed by atoms with Gasteiger partial charge in [-0.15, -0.1) is 0 Å². The highest BCUT2D eigenvalue weighted by atomic mass is 32.2. The molecule has 2 unspecified atom stereocenters. The smallest absolute Gasteiger partial charge is 0.338 e. The van der Waals surface area contributed by atoms with Gasteiger partial charge in [0.15, 0.2) is 0 Å². The van der Waals surface area contributed by atoms with E-state index in [9.17, 15) is 18.0 Å². The summed E-state index contributed by atoms with van der Waals surface area (Å²) in [5, 5.41) is 2.66. The van der Waals surface area contributed by atoms with Crippen molar-refractivity contribution in [3.8, 4) is 0 Å². The summed E-state index contributed by atoms with van der Waals surface area (Å²) in [6.07, 6.45) is 0.756. The Morgan fingerprint density at radius 3 is 2.71 bits per heavy atom. The molecule has 0 radical (unpaired) electrons. The minimum atomic E-state index is -4.13. The van der Waals surface area contributed by atoms with Crippen molar-refractivity contribution in [3.05, 3.63) is 35.4 Å². The lowest BCUT2D eigenvalue weighted by molar-refractivity contribution is -0.120. The van der Waals surface area contributed by atoms with E-state index >= 15 is 0 Å². The molecule has 1 aromatic carbocycles. The first kappa shape index (κ1) is 18.4. The first-order valence-electron chi connectivity index (χ1n) is 7.61. The fourth-order valence-corrected chi connectivity index (χ4v) is 3.61. The van der Waals surface area contributed by atoms with E-state index in [-0.39, 0.29) is 18.7 Å². The molecule has 2 rings (SSSR count). The monoisotopic (exact) mass is 355 g/mol. The van der Waals surface area contributed by atoms with Gasteiger partial charge in [0.05, 0.1) is 11.3 Å². The molecule has 24 heavy (non-hydrogen) atoms. The molecule has 1 aromatic rings. The Bertz CT molecular complexity index is 745. The van der Waals surface area contributed by atoms with E-state index in [1.165, 1.54) is 6.92 Å². The van der Waals surface area contributed by atoms with Gasteiger partial charge in [0.1, 0.15) is 5.60 Å². The molecule has 1 amide bonds. The van der Waals surface area contributed by atoms with Crippen molar-refractivity contribution in [1.82, 2.24) is 5.32 Å². The van der Waals surface area contributed by atoms with E-state index in [2.05, 4.69) is 5.32 Å². The zero-order valence-corrected chi connectivity index (χ0v) is 14.4.